The monoisotopic (exact) mass is 359 g/mol. The van der Waals surface area contributed by atoms with E-state index in [-0.39, 0.29) is 0 Å². The summed E-state index contributed by atoms with van der Waals surface area (Å²) >= 11 is 0. The van der Waals surface area contributed by atoms with Gasteiger partial charge in [-0.15, -0.1) is 0 Å². The second kappa shape index (κ2) is 9.81. The molecule has 2 rings (SSSR count). The van der Waals surface area contributed by atoms with Gasteiger partial charge in [0.15, 0.2) is 5.96 Å². The molecule has 26 heavy (non-hydrogen) atoms. The van der Waals surface area contributed by atoms with Gasteiger partial charge in [-0.3, -0.25) is 4.99 Å². The highest BCUT2D eigenvalue weighted by Gasteiger charge is 2.25. The first-order chi connectivity index (χ1) is 12.5. The van der Waals surface area contributed by atoms with Crippen LogP contribution in [-0.2, 0) is 6.54 Å². The molecule has 5 heteroatoms. The minimum Gasteiger partial charge on any atom is -0.378 e. The number of nitrogens with zero attached hydrogens (tertiary/aromatic N) is 4. The van der Waals surface area contributed by atoms with Crippen LogP contribution < -0.4 is 10.2 Å². The number of benzene rings is 1. The van der Waals surface area contributed by atoms with Gasteiger partial charge in [0.05, 0.1) is 0 Å². The molecule has 0 saturated carbocycles. The molecule has 0 radical (unpaired) electrons. The summed E-state index contributed by atoms with van der Waals surface area (Å²) in [5, 5.41) is 3.57. The minimum atomic E-state index is 0.745. The maximum Gasteiger partial charge on any atom is 0.193 e. The number of likely N-dealkylation sites (tertiary alicyclic amines) is 1. The van der Waals surface area contributed by atoms with Gasteiger partial charge in [-0.05, 0) is 55.6 Å². The number of aryl methyl sites for hydroxylation is 1. The molecule has 1 N–H and O–H groups in total. The van der Waals surface area contributed by atoms with Crippen LogP contribution in [0.25, 0.3) is 0 Å². The number of guanidine groups is 1. The van der Waals surface area contributed by atoms with E-state index in [1.54, 1.807) is 0 Å². The van der Waals surface area contributed by atoms with Crippen LogP contribution in [0, 0.1) is 12.8 Å². The SMILES string of the molecule is CCN(CC)CC1CCN(C(=NC)NCc2ccc(N(C)C)cc2C)C1. The second-order valence-corrected chi connectivity index (χ2v) is 7.49. The van der Waals surface area contributed by atoms with Crippen LogP contribution >= 0.6 is 0 Å². The lowest BCUT2D eigenvalue weighted by Crippen LogP contribution is -2.40. The molecular formula is C21H37N5. The van der Waals surface area contributed by atoms with Gasteiger partial charge >= 0.3 is 0 Å². The summed E-state index contributed by atoms with van der Waals surface area (Å²) in [6.07, 6.45) is 1.26. The van der Waals surface area contributed by atoms with E-state index in [2.05, 4.69) is 78.1 Å². The fraction of sp³-hybridized carbons (Fsp3) is 0.667. The highest BCUT2D eigenvalue weighted by atomic mass is 15.3. The number of nitrogens with one attached hydrogen (secondary N) is 1. The van der Waals surface area contributed by atoms with Crippen molar-refractivity contribution in [1.82, 2.24) is 15.1 Å². The third kappa shape index (κ3) is 5.37. The number of hydrogen-bond donors (Lipinski definition) is 1. The summed E-state index contributed by atoms with van der Waals surface area (Å²) in [5.74, 6) is 1.78. The van der Waals surface area contributed by atoms with Gasteiger partial charge < -0.3 is 20.0 Å². The van der Waals surface area contributed by atoms with E-state index < -0.39 is 0 Å². The summed E-state index contributed by atoms with van der Waals surface area (Å²) in [6, 6.07) is 6.65. The van der Waals surface area contributed by atoms with Gasteiger partial charge in [-0.1, -0.05) is 19.9 Å². The third-order valence-electron chi connectivity index (χ3n) is 5.49. The Morgan fingerprint density at radius 1 is 1.27 bits per heavy atom. The lowest BCUT2D eigenvalue weighted by molar-refractivity contribution is 0.255. The number of rotatable bonds is 7. The smallest absolute Gasteiger partial charge is 0.193 e. The third-order valence-corrected chi connectivity index (χ3v) is 5.49. The predicted molar refractivity (Wildman–Crippen MR) is 113 cm³/mol. The first kappa shape index (κ1) is 20.6. The van der Waals surface area contributed by atoms with Crippen LogP contribution in [0.5, 0.6) is 0 Å². The fourth-order valence-electron chi connectivity index (χ4n) is 3.68. The number of aliphatic imine (C=N–C) groups is 1. The predicted octanol–water partition coefficient (Wildman–Crippen LogP) is 2.80. The van der Waals surface area contributed by atoms with Crippen molar-refractivity contribution < 1.29 is 0 Å². The Kier molecular flexibility index (Phi) is 7.76. The Labute approximate surface area is 160 Å². The van der Waals surface area contributed by atoms with E-state index in [1.165, 1.54) is 29.8 Å². The molecule has 0 amide bonds. The summed E-state index contributed by atoms with van der Waals surface area (Å²) < 4.78 is 0. The van der Waals surface area contributed by atoms with E-state index in [0.717, 1.165) is 44.6 Å². The van der Waals surface area contributed by atoms with E-state index in [4.69, 9.17) is 0 Å². The quantitative estimate of drug-likeness (QED) is 0.600. The van der Waals surface area contributed by atoms with Crippen LogP contribution in [0.1, 0.15) is 31.4 Å². The van der Waals surface area contributed by atoms with Crippen molar-refractivity contribution in [3.05, 3.63) is 29.3 Å². The van der Waals surface area contributed by atoms with Crippen molar-refractivity contribution >= 4 is 11.6 Å². The van der Waals surface area contributed by atoms with Crippen LogP contribution in [0.2, 0.25) is 0 Å². The maximum absolute atomic E-state index is 4.52. The van der Waals surface area contributed by atoms with E-state index >= 15 is 0 Å². The summed E-state index contributed by atoms with van der Waals surface area (Å²) in [6.45, 7) is 13.2. The molecule has 0 aliphatic carbocycles. The van der Waals surface area contributed by atoms with E-state index in [0.29, 0.717) is 0 Å². The van der Waals surface area contributed by atoms with Crippen molar-refractivity contribution in [1.29, 1.82) is 0 Å². The van der Waals surface area contributed by atoms with Gasteiger partial charge in [0.25, 0.3) is 0 Å². The van der Waals surface area contributed by atoms with Crippen LogP contribution in [0.15, 0.2) is 23.2 Å². The average molecular weight is 360 g/mol. The summed E-state index contributed by atoms with van der Waals surface area (Å²) in [4.78, 5) is 11.6. The first-order valence-corrected chi connectivity index (χ1v) is 9.93. The van der Waals surface area contributed by atoms with Gasteiger partial charge in [-0.2, -0.15) is 0 Å². The van der Waals surface area contributed by atoms with Crippen molar-refractivity contribution in [2.45, 2.75) is 33.7 Å². The topological polar surface area (TPSA) is 34.1 Å². The number of hydrogen-bond acceptors (Lipinski definition) is 3. The Morgan fingerprint density at radius 2 is 2.00 bits per heavy atom. The molecule has 1 aromatic rings. The zero-order valence-corrected chi connectivity index (χ0v) is 17.5. The van der Waals surface area contributed by atoms with Crippen molar-refractivity contribution in [2.75, 3.05) is 58.8 Å². The summed E-state index contributed by atoms with van der Waals surface area (Å²) in [7, 11) is 6.05. The van der Waals surface area contributed by atoms with Crippen molar-refractivity contribution in [2.24, 2.45) is 10.9 Å². The normalized spacial score (nSPS) is 17.9. The fourth-order valence-corrected chi connectivity index (χ4v) is 3.68. The molecule has 5 nitrogen and oxygen atoms in total. The molecule has 1 aliphatic heterocycles. The Hall–Kier alpha value is -1.75. The molecule has 1 atom stereocenters. The highest BCUT2D eigenvalue weighted by Crippen LogP contribution is 2.19. The molecule has 1 aromatic carbocycles. The Bertz CT molecular complexity index is 592. The average Bonchev–Trinajstić information content (AvgIpc) is 3.09. The lowest BCUT2D eigenvalue weighted by Gasteiger charge is -2.24. The van der Waals surface area contributed by atoms with Gasteiger partial charge in [0.1, 0.15) is 0 Å². The Balaban J connectivity index is 1.90. The molecule has 1 heterocycles. The van der Waals surface area contributed by atoms with Gasteiger partial charge in [-0.25, -0.2) is 0 Å². The van der Waals surface area contributed by atoms with Crippen LogP contribution in [0.3, 0.4) is 0 Å². The van der Waals surface area contributed by atoms with Gasteiger partial charge in [0.2, 0.25) is 0 Å². The molecule has 1 unspecified atom stereocenters. The molecule has 146 valence electrons. The second-order valence-electron chi connectivity index (χ2n) is 7.49. The zero-order valence-electron chi connectivity index (χ0n) is 17.5. The van der Waals surface area contributed by atoms with Crippen molar-refractivity contribution in [3.63, 3.8) is 0 Å². The molecule has 1 saturated heterocycles. The standard InChI is InChI=1S/C21H37N5/c1-7-25(8-2)15-18-11-12-26(16-18)21(22-4)23-14-19-9-10-20(24(5)6)13-17(19)3/h9-10,13,18H,7-8,11-12,14-16H2,1-6H3,(H,22,23). The Morgan fingerprint density at radius 3 is 2.58 bits per heavy atom. The summed E-state index contributed by atoms with van der Waals surface area (Å²) in [5.41, 5.74) is 3.89. The molecule has 0 aromatic heterocycles. The minimum absolute atomic E-state index is 0.745. The van der Waals surface area contributed by atoms with Crippen molar-refractivity contribution in [3.8, 4) is 0 Å². The molecule has 1 aliphatic rings. The van der Waals surface area contributed by atoms with E-state index in [1.807, 2.05) is 7.05 Å². The molecule has 0 spiro atoms. The molecule has 1 fully saturated rings. The lowest BCUT2D eigenvalue weighted by atomic mass is 10.1. The van der Waals surface area contributed by atoms with Crippen LogP contribution in [-0.4, -0.2) is 69.6 Å². The zero-order chi connectivity index (χ0) is 19.1. The highest BCUT2D eigenvalue weighted by molar-refractivity contribution is 5.80. The first-order valence-electron chi connectivity index (χ1n) is 9.93. The molecular weight excluding hydrogens is 322 g/mol. The molecule has 0 bridgehead atoms. The van der Waals surface area contributed by atoms with E-state index in [9.17, 15) is 0 Å². The maximum atomic E-state index is 4.52. The van der Waals surface area contributed by atoms with Crippen LogP contribution in [0.4, 0.5) is 5.69 Å². The largest absolute Gasteiger partial charge is 0.378 e. The van der Waals surface area contributed by atoms with Gasteiger partial charge in [0, 0.05) is 53.0 Å². The number of anilines is 1.